The first-order valence-corrected chi connectivity index (χ1v) is 9.28. The number of hydrogen-bond acceptors (Lipinski definition) is 7. The SMILES string of the molecule is CCN(c1ccccc1)c1cnnc(N2CCN(c3ccccn3)CC2)n1. The minimum Gasteiger partial charge on any atom is -0.353 e. The van der Waals surface area contributed by atoms with Crippen LogP contribution in [0.25, 0.3) is 0 Å². The van der Waals surface area contributed by atoms with Crippen molar-refractivity contribution in [2.24, 2.45) is 0 Å². The molecule has 1 fully saturated rings. The third-order valence-electron chi connectivity index (χ3n) is 4.73. The van der Waals surface area contributed by atoms with Gasteiger partial charge in [0.2, 0.25) is 5.95 Å². The fourth-order valence-electron chi connectivity index (χ4n) is 3.31. The molecule has 0 aliphatic carbocycles. The Bertz CT molecular complexity index is 848. The van der Waals surface area contributed by atoms with Crippen LogP contribution in [-0.4, -0.2) is 52.9 Å². The molecule has 138 valence electrons. The molecule has 1 aliphatic heterocycles. The van der Waals surface area contributed by atoms with Crippen molar-refractivity contribution in [3.05, 3.63) is 60.9 Å². The summed E-state index contributed by atoms with van der Waals surface area (Å²) in [6, 6.07) is 16.3. The molecule has 0 radical (unpaired) electrons. The maximum Gasteiger partial charge on any atom is 0.247 e. The molecule has 1 saturated heterocycles. The van der Waals surface area contributed by atoms with E-state index in [9.17, 15) is 0 Å². The zero-order valence-electron chi connectivity index (χ0n) is 15.4. The van der Waals surface area contributed by atoms with E-state index in [-0.39, 0.29) is 0 Å². The van der Waals surface area contributed by atoms with E-state index in [1.807, 2.05) is 42.6 Å². The van der Waals surface area contributed by atoms with E-state index < -0.39 is 0 Å². The first-order chi connectivity index (χ1) is 13.3. The van der Waals surface area contributed by atoms with Crippen LogP contribution >= 0.6 is 0 Å². The van der Waals surface area contributed by atoms with Crippen LogP contribution in [0.3, 0.4) is 0 Å². The van der Waals surface area contributed by atoms with Gasteiger partial charge in [-0.05, 0) is 31.2 Å². The van der Waals surface area contributed by atoms with E-state index in [1.54, 1.807) is 6.20 Å². The van der Waals surface area contributed by atoms with Crippen molar-refractivity contribution >= 4 is 23.3 Å². The predicted octanol–water partition coefficient (Wildman–Crippen LogP) is 2.75. The summed E-state index contributed by atoms with van der Waals surface area (Å²) in [6.45, 7) is 6.40. The molecule has 0 saturated carbocycles. The van der Waals surface area contributed by atoms with Gasteiger partial charge in [0.05, 0.1) is 6.20 Å². The highest BCUT2D eigenvalue weighted by Gasteiger charge is 2.21. The fraction of sp³-hybridized carbons (Fsp3) is 0.300. The summed E-state index contributed by atoms with van der Waals surface area (Å²) in [7, 11) is 0. The molecule has 0 spiro atoms. The topological polar surface area (TPSA) is 61.3 Å². The summed E-state index contributed by atoms with van der Waals surface area (Å²) in [5, 5.41) is 8.48. The Balaban J connectivity index is 1.48. The molecular formula is C20H23N7. The number of para-hydroxylation sites is 1. The van der Waals surface area contributed by atoms with Crippen LogP contribution in [0.5, 0.6) is 0 Å². The van der Waals surface area contributed by atoms with Crippen molar-refractivity contribution in [3.63, 3.8) is 0 Å². The Kier molecular flexibility index (Phi) is 5.09. The van der Waals surface area contributed by atoms with Gasteiger partial charge in [0.15, 0.2) is 5.82 Å². The lowest BCUT2D eigenvalue weighted by molar-refractivity contribution is 0.629. The van der Waals surface area contributed by atoms with Crippen molar-refractivity contribution in [2.45, 2.75) is 6.92 Å². The summed E-state index contributed by atoms with van der Waals surface area (Å²) in [5.41, 5.74) is 1.10. The number of anilines is 4. The first-order valence-electron chi connectivity index (χ1n) is 9.28. The van der Waals surface area contributed by atoms with Crippen molar-refractivity contribution in [1.82, 2.24) is 20.2 Å². The molecule has 0 amide bonds. The van der Waals surface area contributed by atoms with Crippen molar-refractivity contribution in [1.29, 1.82) is 0 Å². The highest BCUT2D eigenvalue weighted by molar-refractivity contribution is 5.59. The average molecular weight is 361 g/mol. The molecule has 0 unspecified atom stereocenters. The zero-order valence-corrected chi connectivity index (χ0v) is 15.4. The van der Waals surface area contributed by atoms with Gasteiger partial charge in [-0.2, -0.15) is 10.1 Å². The minimum absolute atomic E-state index is 0.683. The van der Waals surface area contributed by atoms with Gasteiger partial charge in [-0.25, -0.2) is 4.98 Å². The number of pyridine rings is 1. The Hall–Kier alpha value is -3.22. The van der Waals surface area contributed by atoms with Crippen LogP contribution in [-0.2, 0) is 0 Å². The molecule has 1 aliphatic rings. The molecule has 0 N–H and O–H groups in total. The summed E-state index contributed by atoms with van der Waals surface area (Å²) in [4.78, 5) is 15.8. The summed E-state index contributed by atoms with van der Waals surface area (Å²) in [6.07, 6.45) is 3.56. The second-order valence-electron chi connectivity index (χ2n) is 6.36. The second kappa shape index (κ2) is 7.99. The van der Waals surface area contributed by atoms with E-state index in [0.717, 1.165) is 50.0 Å². The van der Waals surface area contributed by atoms with Crippen LogP contribution in [0.15, 0.2) is 60.9 Å². The quantitative estimate of drug-likeness (QED) is 0.692. The van der Waals surface area contributed by atoms with Gasteiger partial charge in [0.25, 0.3) is 0 Å². The molecular weight excluding hydrogens is 338 g/mol. The minimum atomic E-state index is 0.683. The van der Waals surface area contributed by atoms with E-state index >= 15 is 0 Å². The molecule has 7 nitrogen and oxygen atoms in total. The number of nitrogens with zero attached hydrogens (tertiary/aromatic N) is 7. The molecule has 7 heteroatoms. The molecule has 1 aromatic carbocycles. The van der Waals surface area contributed by atoms with Gasteiger partial charge in [-0.3, -0.25) is 0 Å². The number of benzene rings is 1. The summed E-state index contributed by atoms with van der Waals surface area (Å²) in [5.74, 6) is 2.52. The third-order valence-corrected chi connectivity index (χ3v) is 4.73. The Morgan fingerprint density at radius 1 is 0.926 bits per heavy atom. The van der Waals surface area contributed by atoms with Gasteiger partial charge in [-0.15, -0.1) is 5.10 Å². The van der Waals surface area contributed by atoms with Crippen LogP contribution < -0.4 is 14.7 Å². The Labute approximate surface area is 159 Å². The Morgan fingerprint density at radius 3 is 2.37 bits per heavy atom. The zero-order chi connectivity index (χ0) is 18.5. The van der Waals surface area contributed by atoms with Crippen molar-refractivity contribution < 1.29 is 0 Å². The highest BCUT2D eigenvalue weighted by atomic mass is 15.4. The van der Waals surface area contributed by atoms with Gasteiger partial charge in [0, 0.05) is 44.6 Å². The largest absolute Gasteiger partial charge is 0.353 e. The molecule has 4 rings (SSSR count). The first kappa shape index (κ1) is 17.2. The van der Waals surface area contributed by atoms with Crippen LogP contribution in [0.4, 0.5) is 23.3 Å². The normalized spacial score (nSPS) is 14.3. The maximum absolute atomic E-state index is 4.79. The van der Waals surface area contributed by atoms with E-state index in [0.29, 0.717) is 5.95 Å². The number of piperazine rings is 1. The van der Waals surface area contributed by atoms with Crippen molar-refractivity contribution in [2.75, 3.05) is 47.4 Å². The molecule has 3 heterocycles. The molecule has 0 atom stereocenters. The predicted molar refractivity (Wildman–Crippen MR) is 108 cm³/mol. The third kappa shape index (κ3) is 3.81. The fourth-order valence-corrected chi connectivity index (χ4v) is 3.31. The van der Waals surface area contributed by atoms with Gasteiger partial charge in [-0.1, -0.05) is 24.3 Å². The van der Waals surface area contributed by atoms with Crippen LogP contribution in [0, 0.1) is 0 Å². The number of aromatic nitrogens is 4. The standard InChI is InChI=1S/C20H23N7/c1-2-27(17-8-4-3-5-9-17)19-16-22-24-20(23-19)26-14-12-25(13-15-26)18-10-6-7-11-21-18/h3-11,16H,2,12-15H2,1H3. The van der Waals surface area contributed by atoms with Crippen molar-refractivity contribution in [3.8, 4) is 0 Å². The summed E-state index contributed by atoms with van der Waals surface area (Å²) >= 11 is 0. The van der Waals surface area contributed by atoms with E-state index in [4.69, 9.17) is 4.98 Å². The van der Waals surface area contributed by atoms with Crippen LogP contribution in [0.1, 0.15) is 6.92 Å². The smallest absolute Gasteiger partial charge is 0.247 e. The van der Waals surface area contributed by atoms with Gasteiger partial charge >= 0.3 is 0 Å². The van der Waals surface area contributed by atoms with Gasteiger partial charge in [0.1, 0.15) is 5.82 Å². The van der Waals surface area contributed by atoms with E-state index in [2.05, 4.69) is 48.9 Å². The monoisotopic (exact) mass is 361 g/mol. The van der Waals surface area contributed by atoms with E-state index in [1.165, 1.54) is 0 Å². The molecule has 3 aromatic rings. The Morgan fingerprint density at radius 2 is 1.67 bits per heavy atom. The second-order valence-corrected chi connectivity index (χ2v) is 6.36. The maximum atomic E-state index is 4.79. The summed E-state index contributed by atoms with van der Waals surface area (Å²) < 4.78 is 0. The lowest BCUT2D eigenvalue weighted by atomic mass is 10.3. The molecule has 2 aromatic heterocycles. The highest BCUT2D eigenvalue weighted by Crippen LogP contribution is 2.24. The lowest BCUT2D eigenvalue weighted by Gasteiger charge is -2.35. The van der Waals surface area contributed by atoms with Gasteiger partial charge < -0.3 is 14.7 Å². The molecule has 0 bridgehead atoms. The lowest BCUT2D eigenvalue weighted by Crippen LogP contribution is -2.47. The molecule has 27 heavy (non-hydrogen) atoms. The van der Waals surface area contributed by atoms with Crippen LogP contribution in [0.2, 0.25) is 0 Å². The average Bonchev–Trinajstić information content (AvgIpc) is 2.76. The number of rotatable bonds is 5. The number of hydrogen-bond donors (Lipinski definition) is 0.